The van der Waals surface area contributed by atoms with Crippen LogP contribution in [0.15, 0.2) is 36.5 Å². The predicted octanol–water partition coefficient (Wildman–Crippen LogP) is 13.7. The van der Waals surface area contributed by atoms with Crippen molar-refractivity contribution < 1.29 is 24.5 Å². The van der Waals surface area contributed by atoms with Crippen LogP contribution < -0.4 is 5.32 Å². The van der Waals surface area contributed by atoms with Gasteiger partial charge in [0.1, 0.15) is 0 Å². The standard InChI is InChI=1S/C49H91NO5/c1-3-5-7-9-11-13-15-17-18-19-20-22-27-31-35-39-43-49(54)55-44-40-36-32-28-24-23-26-30-34-38-42-48(53)50-46(45-51)47(52)41-37-33-29-25-21-16-14-12-10-8-6-4-2/h13,15,18-19,37,41,46-47,51-52H,3-12,14,16-17,20-36,38-40,42-45H2,1-2H3,(H,50,53)/b15-13-,19-18-,41-37+. The number of nitrogens with one attached hydrogen (secondary N) is 1. The van der Waals surface area contributed by atoms with Gasteiger partial charge in [-0.15, -0.1) is 0 Å². The van der Waals surface area contributed by atoms with Crippen LogP contribution in [0.5, 0.6) is 0 Å². The van der Waals surface area contributed by atoms with Crippen LogP contribution in [0.2, 0.25) is 0 Å². The number of carbonyl (C=O) groups is 2. The van der Waals surface area contributed by atoms with Crippen molar-refractivity contribution in [2.45, 2.75) is 251 Å². The predicted molar refractivity (Wildman–Crippen MR) is 236 cm³/mol. The Morgan fingerprint density at radius 3 is 1.40 bits per heavy atom. The summed E-state index contributed by atoms with van der Waals surface area (Å²) in [5, 5.41) is 22.9. The van der Waals surface area contributed by atoms with Crippen LogP contribution in [-0.2, 0) is 14.3 Å². The molecular weight excluding hydrogens is 683 g/mol. The molecule has 55 heavy (non-hydrogen) atoms. The van der Waals surface area contributed by atoms with E-state index in [-0.39, 0.29) is 18.5 Å². The van der Waals surface area contributed by atoms with Gasteiger partial charge >= 0.3 is 5.97 Å². The molecule has 0 rings (SSSR count). The minimum absolute atomic E-state index is 0.0354. The van der Waals surface area contributed by atoms with Crippen LogP contribution in [-0.4, -0.2) is 47.4 Å². The maximum absolute atomic E-state index is 12.4. The highest BCUT2D eigenvalue weighted by molar-refractivity contribution is 5.76. The molecule has 6 nitrogen and oxygen atoms in total. The summed E-state index contributed by atoms with van der Waals surface area (Å²) < 4.78 is 5.44. The van der Waals surface area contributed by atoms with Crippen molar-refractivity contribution in [1.29, 1.82) is 0 Å². The largest absolute Gasteiger partial charge is 0.466 e. The van der Waals surface area contributed by atoms with Crippen molar-refractivity contribution in [2.75, 3.05) is 13.2 Å². The molecular formula is C49H91NO5. The lowest BCUT2D eigenvalue weighted by atomic mass is 10.0. The Labute approximate surface area is 341 Å². The molecule has 6 heteroatoms. The second-order valence-corrected chi connectivity index (χ2v) is 16.1. The van der Waals surface area contributed by atoms with Crippen LogP contribution in [0.25, 0.3) is 0 Å². The summed E-state index contributed by atoms with van der Waals surface area (Å²) >= 11 is 0. The third-order valence-corrected chi connectivity index (χ3v) is 10.7. The Morgan fingerprint density at radius 2 is 0.909 bits per heavy atom. The molecule has 2 atom stereocenters. The van der Waals surface area contributed by atoms with Gasteiger partial charge in [0, 0.05) is 12.8 Å². The van der Waals surface area contributed by atoms with Gasteiger partial charge in [0.2, 0.25) is 5.91 Å². The van der Waals surface area contributed by atoms with Crippen LogP contribution in [0.3, 0.4) is 0 Å². The average molecular weight is 774 g/mol. The SMILES string of the molecule is CCCCCC/C=C\C/C=C\CCCCCCCC(=O)OCCCCCCCCCCCCC(=O)NC(CO)C(O)/C=C/CCCCCCCCCCCC. The van der Waals surface area contributed by atoms with Crippen LogP contribution in [0, 0.1) is 0 Å². The zero-order valence-corrected chi connectivity index (χ0v) is 36.4. The minimum Gasteiger partial charge on any atom is -0.466 e. The summed E-state index contributed by atoms with van der Waals surface area (Å²) in [7, 11) is 0. The fourth-order valence-electron chi connectivity index (χ4n) is 6.95. The number of aliphatic hydroxyl groups excluding tert-OH is 2. The molecule has 0 aromatic rings. The molecule has 322 valence electrons. The minimum atomic E-state index is -0.859. The highest BCUT2D eigenvalue weighted by Crippen LogP contribution is 2.14. The molecule has 1 amide bonds. The van der Waals surface area contributed by atoms with Crippen molar-refractivity contribution in [1.82, 2.24) is 5.32 Å². The molecule has 0 bridgehead atoms. The third kappa shape index (κ3) is 41.5. The fraction of sp³-hybridized carbons (Fsp3) is 0.837. The first-order valence-corrected chi connectivity index (χ1v) is 23.8. The van der Waals surface area contributed by atoms with E-state index in [9.17, 15) is 19.8 Å². The van der Waals surface area contributed by atoms with Crippen LogP contribution in [0.4, 0.5) is 0 Å². The fourth-order valence-corrected chi connectivity index (χ4v) is 6.95. The maximum atomic E-state index is 12.4. The molecule has 0 aromatic heterocycles. The maximum Gasteiger partial charge on any atom is 0.305 e. The molecule has 0 spiro atoms. The second-order valence-electron chi connectivity index (χ2n) is 16.1. The Balaban J connectivity index is 3.53. The van der Waals surface area contributed by atoms with E-state index in [4.69, 9.17) is 4.74 Å². The lowest BCUT2D eigenvalue weighted by molar-refractivity contribution is -0.143. The quantitative estimate of drug-likeness (QED) is 0.0326. The number of ether oxygens (including phenoxy) is 1. The summed E-state index contributed by atoms with van der Waals surface area (Å²) in [6.45, 7) is 4.80. The highest BCUT2D eigenvalue weighted by atomic mass is 16.5. The van der Waals surface area contributed by atoms with E-state index in [1.165, 1.54) is 141 Å². The van der Waals surface area contributed by atoms with Gasteiger partial charge in [0.15, 0.2) is 0 Å². The van der Waals surface area contributed by atoms with Crippen LogP contribution >= 0.6 is 0 Å². The molecule has 2 unspecified atom stereocenters. The summed E-state index contributed by atoms with van der Waals surface area (Å²) in [4.78, 5) is 24.4. The third-order valence-electron chi connectivity index (χ3n) is 10.7. The lowest BCUT2D eigenvalue weighted by Gasteiger charge is -2.20. The smallest absolute Gasteiger partial charge is 0.305 e. The number of aliphatic hydroxyl groups is 2. The number of rotatable bonds is 43. The van der Waals surface area contributed by atoms with Crippen molar-refractivity contribution in [3.8, 4) is 0 Å². The molecule has 0 fully saturated rings. The van der Waals surface area contributed by atoms with Gasteiger partial charge in [-0.05, 0) is 64.2 Å². The zero-order valence-electron chi connectivity index (χ0n) is 36.4. The molecule has 0 saturated carbocycles. The van der Waals surface area contributed by atoms with Crippen molar-refractivity contribution >= 4 is 11.9 Å². The van der Waals surface area contributed by atoms with Crippen molar-refractivity contribution in [2.24, 2.45) is 0 Å². The molecule has 0 heterocycles. The summed E-state index contributed by atoms with van der Waals surface area (Å²) in [5.74, 6) is -0.129. The Morgan fingerprint density at radius 1 is 0.509 bits per heavy atom. The zero-order chi connectivity index (χ0) is 40.1. The topological polar surface area (TPSA) is 95.9 Å². The number of hydrogen-bond acceptors (Lipinski definition) is 5. The van der Waals surface area contributed by atoms with Gasteiger partial charge in [0.25, 0.3) is 0 Å². The normalized spacial score (nSPS) is 13.0. The van der Waals surface area contributed by atoms with Gasteiger partial charge in [-0.2, -0.15) is 0 Å². The molecule has 0 aliphatic rings. The first kappa shape index (κ1) is 53.1. The van der Waals surface area contributed by atoms with E-state index in [0.717, 1.165) is 70.6 Å². The molecule has 0 saturated heterocycles. The van der Waals surface area contributed by atoms with E-state index in [1.807, 2.05) is 6.08 Å². The highest BCUT2D eigenvalue weighted by Gasteiger charge is 2.18. The number of hydrogen-bond donors (Lipinski definition) is 3. The molecule has 3 N–H and O–H groups in total. The summed E-state index contributed by atoms with van der Waals surface area (Å²) in [5.41, 5.74) is 0. The van der Waals surface area contributed by atoms with E-state index < -0.39 is 12.1 Å². The first-order valence-electron chi connectivity index (χ1n) is 23.8. The molecule has 0 aromatic carbocycles. The second kappa shape index (κ2) is 44.8. The summed E-state index contributed by atoms with van der Waals surface area (Å²) in [6, 6.07) is -0.644. The van der Waals surface area contributed by atoms with E-state index in [2.05, 4.69) is 43.5 Å². The number of amides is 1. The molecule has 0 aliphatic carbocycles. The number of esters is 1. The average Bonchev–Trinajstić information content (AvgIpc) is 3.18. The molecule has 0 radical (unpaired) electrons. The van der Waals surface area contributed by atoms with Gasteiger partial charge in [0.05, 0.1) is 25.4 Å². The Kier molecular flexibility index (Phi) is 43.2. The monoisotopic (exact) mass is 774 g/mol. The number of unbranched alkanes of at least 4 members (excludes halogenated alkanes) is 28. The van der Waals surface area contributed by atoms with E-state index in [1.54, 1.807) is 6.08 Å². The van der Waals surface area contributed by atoms with Gasteiger partial charge < -0.3 is 20.3 Å². The number of carbonyl (C=O) groups excluding carboxylic acids is 2. The van der Waals surface area contributed by atoms with Crippen molar-refractivity contribution in [3.63, 3.8) is 0 Å². The van der Waals surface area contributed by atoms with Gasteiger partial charge in [-0.3, -0.25) is 9.59 Å². The lowest BCUT2D eigenvalue weighted by Crippen LogP contribution is -2.45. The van der Waals surface area contributed by atoms with Crippen LogP contribution in [0.1, 0.15) is 239 Å². The van der Waals surface area contributed by atoms with E-state index in [0.29, 0.717) is 19.4 Å². The first-order chi connectivity index (χ1) is 27.0. The number of allylic oxidation sites excluding steroid dienone is 5. The molecule has 0 aliphatic heterocycles. The van der Waals surface area contributed by atoms with Gasteiger partial charge in [-0.1, -0.05) is 198 Å². The van der Waals surface area contributed by atoms with E-state index >= 15 is 0 Å². The van der Waals surface area contributed by atoms with Gasteiger partial charge in [-0.25, -0.2) is 0 Å². The van der Waals surface area contributed by atoms with Crippen molar-refractivity contribution in [3.05, 3.63) is 36.5 Å². The summed E-state index contributed by atoms with van der Waals surface area (Å²) in [6.07, 6.45) is 52.7. The Hall–Kier alpha value is -1.92. The Bertz CT molecular complexity index is 900.